The van der Waals surface area contributed by atoms with Crippen molar-refractivity contribution in [3.8, 4) is 11.5 Å². The molecule has 3 N–H and O–H groups in total. The van der Waals surface area contributed by atoms with E-state index in [0.29, 0.717) is 36.1 Å². The van der Waals surface area contributed by atoms with Gasteiger partial charge in [-0.25, -0.2) is 0 Å². The first-order chi connectivity index (χ1) is 8.08. The normalized spacial score (nSPS) is 9.82. The van der Waals surface area contributed by atoms with Gasteiger partial charge in [0.25, 0.3) is 0 Å². The van der Waals surface area contributed by atoms with Gasteiger partial charge in [-0.05, 0) is 13.8 Å². The Morgan fingerprint density at radius 2 is 1.82 bits per heavy atom. The Balaban J connectivity index is 3.11. The fourth-order valence-electron chi connectivity index (χ4n) is 1.42. The van der Waals surface area contributed by atoms with Gasteiger partial charge in [-0.3, -0.25) is 4.79 Å². The first kappa shape index (κ1) is 13.2. The van der Waals surface area contributed by atoms with Crippen LogP contribution in [0.3, 0.4) is 0 Å². The maximum absolute atomic E-state index is 11.1. The van der Waals surface area contributed by atoms with Crippen LogP contribution in [-0.2, 0) is 4.79 Å². The lowest BCUT2D eigenvalue weighted by Crippen LogP contribution is -2.09. The molecule has 0 aromatic heterocycles. The fraction of sp³-hybridized carbons (Fsp3) is 0.417. The zero-order valence-corrected chi connectivity index (χ0v) is 10.4. The highest BCUT2D eigenvalue weighted by Gasteiger charge is 2.10. The summed E-state index contributed by atoms with van der Waals surface area (Å²) in [4.78, 5) is 11.1. The van der Waals surface area contributed by atoms with Crippen molar-refractivity contribution in [2.24, 2.45) is 0 Å². The summed E-state index contributed by atoms with van der Waals surface area (Å²) in [5, 5.41) is 2.68. The summed E-state index contributed by atoms with van der Waals surface area (Å²) in [6.07, 6.45) is 0. The number of hydrogen-bond acceptors (Lipinski definition) is 4. The maximum atomic E-state index is 11.1. The summed E-state index contributed by atoms with van der Waals surface area (Å²) in [7, 11) is 0. The average molecular weight is 238 g/mol. The van der Waals surface area contributed by atoms with E-state index in [-0.39, 0.29) is 5.91 Å². The van der Waals surface area contributed by atoms with Crippen LogP contribution in [0.15, 0.2) is 12.1 Å². The number of hydrogen-bond donors (Lipinski definition) is 2. The molecular weight excluding hydrogens is 220 g/mol. The quantitative estimate of drug-likeness (QED) is 0.770. The minimum Gasteiger partial charge on any atom is -0.492 e. The number of anilines is 2. The van der Waals surface area contributed by atoms with E-state index in [4.69, 9.17) is 15.2 Å². The third-order valence-electron chi connectivity index (χ3n) is 2.02. The van der Waals surface area contributed by atoms with Gasteiger partial charge in [0.05, 0.1) is 24.6 Å². The second-order valence-corrected chi connectivity index (χ2v) is 3.43. The molecular formula is C12H18N2O3. The molecule has 0 aliphatic carbocycles. The number of amides is 1. The van der Waals surface area contributed by atoms with Gasteiger partial charge in [0.2, 0.25) is 5.91 Å². The summed E-state index contributed by atoms with van der Waals surface area (Å²) in [5.74, 6) is 0.918. The van der Waals surface area contributed by atoms with Crippen molar-refractivity contribution in [1.82, 2.24) is 0 Å². The topological polar surface area (TPSA) is 73.6 Å². The van der Waals surface area contributed by atoms with Crippen molar-refractivity contribution >= 4 is 17.3 Å². The van der Waals surface area contributed by atoms with Gasteiger partial charge in [0.15, 0.2) is 0 Å². The van der Waals surface area contributed by atoms with E-state index >= 15 is 0 Å². The number of carbonyl (C=O) groups is 1. The van der Waals surface area contributed by atoms with Crippen molar-refractivity contribution in [3.05, 3.63) is 12.1 Å². The van der Waals surface area contributed by atoms with E-state index < -0.39 is 0 Å². The summed E-state index contributed by atoms with van der Waals surface area (Å²) >= 11 is 0. The second-order valence-electron chi connectivity index (χ2n) is 3.43. The molecule has 5 heteroatoms. The van der Waals surface area contributed by atoms with Crippen LogP contribution in [-0.4, -0.2) is 19.1 Å². The average Bonchev–Trinajstić information content (AvgIpc) is 2.24. The Morgan fingerprint density at radius 3 is 2.35 bits per heavy atom. The van der Waals surface area contributed by atoms with Crippen LogP contribution in [0, 0.1) is 0 Å². The first-order valence-corrected chi connectivity index (χ1v) is 5.55. The van der Waals surface area contributed by atoms with Crippen molar-refractivity contribution in [2.75, 3.05) is 24.3 Å². The SMILES string of the molecule is CCOc1cc(NC(C)=O)c(OCC)cc1N. The van der Waals surface area contributed by atoms with Gasteiger partial charge in [-0.2, -0.15) is 0 Å². The number of carbonyl (C=O) groups excluding carboxylic acids is 1. The third-order valence-corrected chi connectivity index (χ3v) is 2.02. The minimum absolute atomic E-state index is 0.168. The molecule has 94 valence electrons. The van der Waals surface area contributed by atoms with Crippen molar-refractivity contribution in [1.29, 1.82) is 0 Å². The molecule has 0 aliphatic heterocycles. The summed E-state index contributed by atoms with van der Waals surface area (Å²) < 4.78 is 10.8. The van der Waals surface area contributed by atoms with Gasteiger partial charge >= 0.3 is 0 Å². The Labute approximate surface area is 101 Å². The van der Waals surface area contributed by atoms with E-state index in [1.807, 2.05) is 13.8 Å². The fourth-order valence-corrected chi connectivity index (χ4v) is 1.42. The zero-order valence-electron chi connectivity index (χ0n) is 10.4. The highest BCUT2D eigenvalue weighted by Crippen LogP contribution is 2.34. The Kier molecular flexibility index (Phi) is 4.63. The van der Waals surface area contributed by atoms with Gasteiger partial charge in [0.1, 0.15) is 11.5 Å². The van der Waals surface area contributed by atoms with Crippen LogP contribution in [0.5, 0.6) is 11.5 Å². The first-order valence-electron chi connectivity index (χ1n) is 5.55. The van der Waals surface area contributed by atoms with Gasteiger partial charge in [-0.1, -0.05) is 0 Å². The number of benzene rings is 1. The second kappa shape index (κ2) is 5.98. The Morgan fingerprint density at radius 1 is 1.24 bits per heavy atom. The molecule has 5 nitrogen and oxygen atoms in total. The maximum Gasteiger partial charge on any atom is 0.221 e. The number of nitrogens with one attached hydrogen (secondary N) is 1. The lowest BCUT2D eigenvalue weighted by atomic mass is 10.2. The number of rotatable bonds is 5. The molecule has 0 saturated heterocycles. The van der Waals surface area contributed by atoms with Crippen LogP contribution in [0.4, 0.5) is 11.4 Å². The van der Waals surface area contributed by atoms with E-state index in [1.54, 1.807) is 12.1 Å². The van der Waals surface area contributed by atoms with Crippen molar-refractivity contribution in [2.45, 2.75) is 20.8 Å². The number of nitrogen functional groups attached to an aromatic ring is 1. The number of nitrogens with two attached hydrogens (primary N) is 1. The highest BCUT2D eigenvalue weighted by molar-refractivity contribution is 5.91. The van der Waals surface area contributed by atoms with Crippen LogP contribution in [0.1, 0.15) is 20.8 Å². The summed E-state index contributed by atoms with van der Waals surface area (Å²) in [5.41, 5.74) is 6.88. The smallest absolute Gasteiger partial charge is 0.221 e. The lowest BCUT2D eigenvalue weighted by molar-refractivity contribution is -0.114. The molecule has 17 heavy (non-hydrogen) atoms. The van der Waals surface area contributed by atoms with Gasteiger partial charge in [-0.15, -0.1) is 0 Å². The predicted molar refractivity (Wildman–Crippen MR) is 67.5 cm³/mol. The molecule has 0 unspecified atom stereocenters. The molecule has 0 radical (unpaired) electrons. The molecule has 0 saturated carbocycles. The molecule has 0 aliphatic rings. The Hall–Kier alpha value is -1.91. The van der Waals surface area contributed by atoms with Gasteiger partial charge in [0, 0.05) is 19.1 Å². The third kappa shape index (κ3) is 3.55. The summed E-state index contributed by atoms with van der Waals surface area (Å²) in [6.45, 7) is 6.18. The zero-order chi connectivity index (χ0) is 12.8. The minimum atomic E-state index is -0.168. The molecule has 1 aromatic rings. The van der Waals surface area contributed by atoms with E-state index in [9.17, 15) is 4.79 Å². The molecule has 0 fully saturated rings. The molecule has 1 rings (SSSR count). The molecule has 0 spiro atoms. The van der Waals surface area contributed by atoms with Crippen LogP contribution in [0.2, 0.25) is 0 Å². The molecule has 1 amide bonds. The van der Waals surface area contributed by atoms with Crippen LogP contribution >= 0.6 is 0 Å². The van der Waals surface area contributed by atoms with Crippen molar-refractivity contribution in [3.63, 3.8) is 0 Å². The molecule has 0 bridgehead atoms. The van der Waals surface area contributed by atoms with E-state index in [2.05, 4.69) is 5.32 Å². The Bertz CT molecular complexity index is 405. The van der Waals surface area contributed by atoms with Crippen molar-refractivity contribution < 1.29 is 14.3 Å². The van der Waals surface area contributed by atoms with E-state index in [1.165, 1.54) is 6.92 Å². The predicted octanol–water partition coefficient (Wildman–Crippen LogP) is 2.02. The lowest BCUT2D eigenvalue weighted by Gasteiger charge is -2.14. The highest BCUT2D eigenvalue weighted by atomic mass is 16.5. The van der Waals surface area contributed by atoms with E-state index in [0.717, 1.165) is 0 Å². The monoisotopic (exact) mass is 238 g/mol. The molecule has 0 atom stereocenters. The standard InChI is InChI=1S/C12H18N2O3/c1-4-16-11-7-10(14-8(3)15)12(17-5-2)6-9(11)13/h6-7H,4-5,13H2,1-3H3,(H,14,15). The van der Waals surface area contributed by atoms with Crippen LogP contribution < -0.4 is 20.5 Å². The summed E-state index contributed by atoms with van der Waals surface area (Å²) in [6, 6.07) is 3.32. The van der Waals surface area contributed by atoms with Crippen LogP contribution in [0.25, 0.3) is 0 Å². The number of ether oxygens (including phenoxy) is 2. The largest absolute Gasteiger partial charge is 0.492 e. The van der Waals surface area contributed by atoms with Gasteiger partial charge < -0.3 is 20.5 Å². The molecule has 0 heterocycles. The molecule has 1 aromatic carbocycles.